The first kappa shape index (κ1) is 21.4. The third-order valence-electron chi connectivity index (χ3n) is 6.18. The first-order valence-corrected chi connectivity index (χ1v) is 11.0. The van der Waals surface area contributed by atoms with E-state index in [1.807, 2.05) is 84.9 Å². The molecule has 0 aliphatic carbocycles. The minimum atomic E-state index is -1.25. The highest BCUT2D eigenvalue weighted by Gasteiger charge is 2.50. The predicted octanol–water partition coefficient (Wildman–Crippen LogP) is 4.91. The molecular weight excluding hydrogens is 426 g/mol. The van der Waals surface area contributed by atoms with E-state index in [2.05, 4.69) is 10.6 Å². The lowest BCUT2D eigenvalue weighted by Gasteiger charge is -2.24. The van der Waals surface area contributed by atoms with Crippen LogP contribution in [0.15, 0.2) is 97.1 Å². The van der Waals surface area contributed by atoms with Crippen molar-refractivity contribution in [2.75, 3.05) is 11.9 Å². The quantitative estimate of drug-likeness (QED) is 0.425. The number of imide groups is 1. The highest BCUT2D eigenvalue weighted by atomic mass is 16.2. The zero-order valence-electron chi connectivity index (χ0n) is 18.6. The molecule has 1 fully saturated rings. The maximum Gasteiger partial charge on any atom is 0.325 e. The summed E-state index contributed by atoms with van der Waals surface area (Å²) in [6, 6.07) is 30.1. The Hall–Kier alpha value is -4.45. The van der Waals surface area contributed by atoms with Gasteiger partial charge in [-0.2, -0.15) is 0 Å². The number of carbonyl (C=O) groups is 3. The molecule has 0 saturated carbocycles. The first-order chi connectivity index (χ1) is 16.5. The monoisotopic (exact) mass is 449 g/mol. The van der Waals surface area contributed by atoms with Crippen molar-refractivity contribution in [3.63, 3.8) is 0 Å². The van der Waals surface area contributed by atoms with Crippen LogP contribution in [0.5, 0.6) is 0 Å². The molecule has 1 heterocycles. The predicted molar refractivity (Wildman–Crippen MR) is 132 cm³/mol. The molecule has 4 amide bonds. The maximum absolute atomic E-state index is 13.3. The van der Waals surface area contributed by atoms with Gasteiger partial charge in [0.25, 0.3) is 5.91 Å². The van der Waals surface area contributed by atoms with E-state index >= 15 is 0 Å². The van der Waals surface area contributed by atoms with Crippen LogP contribution in [0.1, 0.15) is 12.5 Å². The molecule has 0 aromatic heterocycles. The molecule has 0 spiro atoms. The van der Waals surface area contributed by atoms with Crippen molar-refractivity contribution in [3.05, 3.63) is 103 Å². The average Bonchev–Trinajstić information content (AvgIpc) is 3.08. The number of nitrogens with zero attached hydrogens (tertiary/aromatic N) is 1. The van der Waals surface area contributed by atoms with Gasteiger partial charge >= 0.3 is 6.03 Å². The summed E-state index contributed by atoms with van der Waals surface area (Å²) in [6.07, 6.45) is 0. The number of amides is 4. The van der Waals surface area contributed by atoms with Crippen LogP contribution in [0.25, 0.3) is 21.9 Å². The molecular formula is C28H23N3O3. The van der Waals surface area contributed by atoms with Crippen molar-refractivity contribution in [3.8, 4) is 11.1 Å². The summed E-state index contributed by atoms with van der Waals surface area (Å²) in [7, 11) is 0. The lowest BCUT2D eigenvalue weighted by molar-refractivity contribution is -0.133. The van der Waals surface area contributed by atoms with Gasteiger partial charge in [0, 0.05) is 5.69 Å². The summed E-state index contributed by atoms with van der Waals surface area (Å²) >= 11 is 0. The number of urea groups is 1. The van der Waals surface area contributed by atoms with Crippen LogP contribution in [0.4, 0.5) is 10.5 Å². The van der Waals surface area contributed by atoms with Crippen molar-refractivity contribution in [2.45, 2.75) is 12.5 Å². The van der Waals surface area contributed by atoms with Gasteiger partial charge in [0.1, 0.15) is 12.1 Å². The zero-order chi connectivity index (χ0) is 23.7. The van der Waals surface area contributed by atoms with Crippen molar-refractivity contribution < 1.29 is 14.4 Å². The van der Waals surface area contributed by atoms with E-state index in [0.717, 1.165) is 26.8 Å². The third kappa shape index (κ3) is 3.79. The van der Waals surface area contributed by atoms with Gasteiger partial charge in [-0.05, 0) is 46.5 Å². The number of rotatable bonds is 5. The molecule has 2 N–H and O–H groups in total. The normalized spacial score (nSPS) is 17.6. The van der Waals surface area contributed by atoms with Crippen LogP contribution in [0.2, 0.25) is 0 Å². The Labute approximate surface area is 197 Å². The Bertz CT molecular complexity index is 1390. The van der Waals surface area contributed by atoms with Crippen molar-refractivity contribution in [2.24, 2.45) is 0 Å². The molecule has 0 bridgehead atoms. The molecule has 5 rings (SSSR count). The summed E-state index contributed by atoms with van der Waals surface area (Å²) < 4.78 is 0. The Balaban J connectivity index is 1.31. The van der Waals surface area contributed by atoms with E-state index in [1.165, 1.54) is 0 Å². The fourth-order valence-corrected chi connectivity index (χ4v) is 4.41. The molecule has 6 heteroatoms. The standard InChI is InChI=1S/C28H23N3O3/c1-28(24-13-7-11-21-10-5-6-12-23(21)24)26(33)31(27(34)30-28)18-25(32)29-22-16-14-20(15-17-22)19-8-3-2-4-9-19/h2-17H,18H2,1H3,(H,29,32)(H,30,34)/t28-/m0/s1. The number of anilines is 1. The highest BCUT2D eigenvalue weighted by molar-refractivity contribution is 6.11. The van der Waals surface area contributed by atoms with Crippen LogP contribution in [0.3, 0.4) is 0 Å². The largest absolute Gasteiger partial charge is 0.325 e. The fraction of sp³-hybridized carbons (Fsp3) is 0.107. The smallest absolute Gasteiger partial charge is 0.325 e. The molecule has 0 unspecified atom stereocenters. The lowest BCUT2D eigenvalue weighted by Crippen LogP contribution is -2.42. The molecule has 6 nitrogen and oxygen atoms in total. The van der Waals surface area contributed by atoms with Crippen LogP contribution in [0, 0.1) is 0 Å². The molecule has 168 valence electrons. The second-order valence-electron chi connectivity index (χ2n) is 8.46. The summed E-state index contributed by atoms with van der Waals surface area (Å²) in [5.74, 6) is -0.901. The number of carbonyl (C=O) groups excluding carboxylic acids is 3. The second-order valence-corrected chi connectivity index (χ2v) is 8.46. The van der Waals surface area contributed by atoms with E-state index in [0.29, 0.717) is 11.3 Å². The molecule has 1 saturated heterocycles. The Morgan fingerprint density at radius 1 is 0.824 bits per heavy atom. The Morgan fingerprint density at radius 2 is 1.47 bits per heavy atom. The van der Waals surface area contributed by atoms with Crippen molar-refractivity contribution in [1.29, 1.82) is 0 Å². The maximum atomic E-state index is 13.3. The molecule has 1 aliphatic rings. The topological polar surface area (TPSA) is 78.5 Å². The summed E-state index contributed by atoms with van der Waals surface area (Å²) in [5, 5.41) is 7.41. The number of benzene rings is 4. The Kier molecular flexibility index (Phi) is 5.34. The van der Waals surface area contributed by atoms with Crippen LogP contribution >= 0.6 is 0 Å². The van der Waals surface area contributed by atoms with Crippen LogP contribution in [-0.2, 0) is 15.1 Å². The van der Waals surface area contributed by atoms with Crippen LogP contribution < -0.4 is 10.6 Å². The lowest BCUT2D eigenvalue weighted by atomic mass is 9.88. The fourth-order valence-electron chi connectivity index (χ4n) is 4.41. The Morgan fingerprint density at radius 3 is 2.24 bits per heavy atom. The van der Waals surface area contributed by atoms with E-state index in [4.69, 9.17) is 0 Å². The minimum Gasteiger partial charge on any atom is -0.325 e. The highest BCUT2D eigenvalue weighted by Crippen LogP contribution is 2.33. The second kappa shape index (κ2) is 8.48. The van der Waals surface area contributed by atoms with E-state index < -0.39 is 23.4 Å². The molecule has 34 heavy (non-hydrogen) atoms. The number of fused-ring (bicyclic) bond motifs is 1. The number of nitrogens with one attached hydrogen (secondary N) is 2. The van der Waals surface area contributed by atoms with Gasteiger partial charge in [-0.25, -0.2) is 4.79 Å². The van der Waals surface area contributed by atoms with E-state index in [-0.39, 0.29) is 6.54 Å². The molecule has 0 radical (unpaired) electrons. The van der Waals surface area contributed by atoms with Crippen molar-refractivity contribution in [1.82, 2.24) is 10.2 Å². The van der Waals surface area contributed by atoms with E-state index in [9.17, 15) is 14.4 Å². The number of hydrogen-bond donors (Lipinski definition) is 2. The third-order valence-corrected chi connectivity index (χ3v) is 6.18. The van der Waals surface area contributed by atoms with Gasteiger partial charge in [0.05, 0.1) is 0 Å². The minimum absolute atomic E-state index is 0.370. The van der Waals surface area contributed by atoms with E-state index in [1.54, 1.807) is 19.1 Å². The summed E-state index contributed by atoms with van der Waals surface area (Å²) in [5.41, 5.74) is 2.14. The van der Waals surface area contributed by atoms with Crippen LogP contribution in [-0.4, -0.2) is 29.3 Å². The van der Waals surface area contributed by atoms with Gasteiger partial charge in [0.15, 0.2) is 0 Å². The average molecular weight is 450 g/mol. The SMILES string of the molecule is C[C@@]1(c2cccc3ccccc23)NC(=O)N(CC(=O)Nc2ccc(-c3ccccc3)cc2)C1=O. The summed E-state index contributed by atoms with van der Waals surface area (Å²) in [4.78, 5) is 39.7. The van der Waals surface area contributed by atoms with Gasteiger partial charge in [-0.3, -0.25) is 14.5 Å². The van der Waals surface area contributed by atoms with Gasteiger partial charge < -0.3 is 10.6 Å². The van der Waals surface area contributed by atoms with Gasteiger partial charge in [-0.1, -0.05) is 84.9 Å². The number of hydrogen-bond acceptors (Lipinski definition) is 3. The molecule has 1 atom stereocenters. The molecule has 1 aliphatic heterocycles. The molecule has 4 aromatic rings. The van der Waals surface area contributed by atoms with Crippen molar-refractivity contribution >= 4 is 34.3 Å². The molecule has 4 aromatic carbocycles. The zero-order valence-corrected chi connectivity index (χ0v) is 18.6. The first-order valence-electron chi connectivity index (χ1n) is 11.0. The summed E-state index contributed by atoms with van der Waals surface area (Å²) in [6.45, 7) is 1.31. The van der Waals surface area contributed by atoms with Gasteiger partial charge in [-0.15, -0.1) is 0 Å². The van der Waals surface area contributed by atoms with Gasteiger partial charge in [0.2, 0.25) is 5.91 Å².